The second kappa shape index (κ2) is 7.98. The van der Waals surface area contributed by atoms with Crippen molar-refractivity contribution in [2.45, 2.75) is 50.6 Å². The van der Waals surface area contributed by atoms with Crippen molar-refractivity contribution in [3.05, 3.63) is 30.3 Å². The SMILES string of the molecule is CN1CC(C(=O)NC2CCCCCC2)C2NN(c3ccccc3)C(=O)C2C1. The summed E-state index contributed by atoms with van der Waals surface area (Å²) in [6, 6.07) is 9.78. The number of para-hydroxylation sites is 1. The second-order valence-electron chi connectivity index (χ2n) is 8.30. The van der Waals surface area contributed by atoms with Crippen molar-refractivity contribution in [1.82, 2.24) is 15.6 Å². The molecule has 0 radical (unpaired) electrons. The van der Waals surface area contributed by atoms with Crippen molar-refractivity contribution in [3.8, 4) is 0 Å². The largest absolute Gasteiger partial charge is 0.353 e. The predicted octanol–water partition coefficient (Wildman–Crippen LogP) is 1.92. The maximum absolute atomic E-state index is 13.1. The molecule has 1 saturated carbocycles. The maximum Gasteiger partial charge on any atom is 0.247 e. The lowest BCUT2D eigenvalue weighted by molar-refractivity contribution is -0.130. The number of fused-ring (bicyclic) bond motifs is 1. The van der Waals surface area contributed by atoms with Gasteiger partial charge in [0.05, 0.1) is 23.6 Å². The molecule has 1 aromatic carbocycles. The van der Waals surface area contributed by atoms with Crippen LogP contribution in [0.3, 0.4) is 0 Å². The van der Waals surface area contributed by atoms with E-state index in [1.54, 1.807) is 5.01 Å². The topological polar surface area (TPSA) is 64.7 Å². The van der Waals surface area contributed by atoms with Gasteiger partial charge in [-0.05, 0) is 32.0 Å². The molecule has 2 aliphatic heterocycles. The number of hydrazine groups is 1. The average Bonchev–Trinajstić information content (AvgIpc) is 2.84. The Morgan fingerprint density at radius 2 is 1.78 bits per heavy atom. The standard InChI is InChI=1S/C21H30N4O2/c1-24-13-17(20(26)22-15-9-5-2-3-6-10-15)19-18(14-24)21(27)25(23-19)16-11-7-4-8-12-16/h4,7-8,11-12,15,17-19,23H,2-3,5-6,9-10,13-14H2,1H3,(H,22,26). The Kier molecular flexibility index (Phi) is 5.45. The summed E-state index contributed by atoms with van der Waals surface area (Å²) in [5, 5.41) is 4.94. The average molecular weight is 370 g/mol. The second-order valence-corrected chi connectivity index (χ2v) is 8.30. The predicted molar refractivity (Wildman–Crippen MR) is 105 cm³/mol. The molecule has 0 bridgehead atoms. The molecule has 1 aliphatic carbocycles. The van der Waals surface area contributed by atoms with Crippen molar-refractivity contribution in [2.75, 3.05) is 25.1 Å². The van der Waals surface area contributed by atoms with Crippen LogP contribution in [0, 0.1) is 11.8 Å². The number of hydrogen-bond donors (Lipinski definition) is 2. The smallest absolute Gasteiger partial charge is 0.247 e. The fourth-order valence-corrected chi connectivity index (χ4v) is 4.80. The zero-order valence-corrected chi connectivity index (χ0v) is 16.1. The molecule has 1 aromatic rings. The molecule has 2 saturated heterocycles. The molecule has 2 N–H and O–H groups in total. The van der Waals surface area contributed by atoms with Crippen LogP contribution in [0.2, 0.25) is 0 Å². The summed E-state index contributed by atoms with van der Waals surface area (Å²) < 4.78 is 0. The molecule has 3 atom stereocenters. The molecule has 3 aliphatic rings. The summed E-state index contributed by atoms with van der Waals surface area (Å²) in [7, 11) is 2.00. The summed E-state index contributed by atoms with van der Waals surface area (Å²) in [6.45, 7) is 1.37. The summed E-state index contributed by atoms with van der Waals surface area (Å²) in [4.78, 5) is 28.2. The van der Waals surface area contributed by atoms with Crippen LogP contribution in [0.1, 0.15) is 38.5 Å². The van der Waals surface area contributed by atoms with Crippen LogP contribution >= 0.6 is 0 Å². The molecule has 0 aromatic heterocycles. The number of carbonyl (C=O) groups excluding carboxylic acids is 2. The fourth-order valence-electron chi connectivity index (χ4n) is 4.80. The van der Waals surface area contributed by atoms with Crippen LogP contribution in [0.15, 0.2) is 30.3 Å². The minimum absolute atomic E-state index is 0.0602. The highest BCUT2D eigenvalue weighted by Gasteiger charge is 2.50. The van der Waals surface area contributed by atoms with Crippen LogP contribution in [0.25, 0.3) is 0 Å². The molecule has 3 fully saturated rings. The highest BCUT2D eigenvalue weighted by Crippen LogP contribution is 2.31. The van der Waals surface area contributed by atoms with Crippen molar-refractivity contribution in [2.24, 2.45) is 11.8 Å². The van der Waals surface area contributed by atoms with Crippen LogP contribution < -0.4 is 15.8 Å². The Morgan fingerprint density at radius 1 is 1.07 bits per heavy atom. The van der Waals surface area contributed by atoms with E-state index in [2.05, 4.69) is 15.6 Å². The number of likely N-dealkylation sites (tertiary alicyclic amines) is 1. The van der Waals surface area contributed by atoms with Gasteiger partial charge in [0.15, 0.2) is 0 Å². The lowest BCUT2D eigenvalue weighted by Crippen LogP contribution is -2.57. The Balaban J connectivity index is 1.49. The minimum Gasteiger partial charge on any atom is -0.353 e. The first-order chi connectivity index (χ1) is 13.1. The van der Waals surface area contributed by atoms with Gasteiger partial charge in [0.2, 0.25) is 11.8 Å². The van der Waals surface area contributed by atoms with E-state index in [0.717, 1.165) is 18.5 Å². The van der Waals surface area contributed by atoms with E-state index in [4.69, 9.17) is 0 Å². The zero-order valence-electron chi connectivity index (χ0n) is 16.1. The fraction of sp³-hybridized carbons (Fsp3) is 0.619. The van der Waals surface area contributed by atoms with Crippen molar-refractivity contribution in [3.63, 3.8) is 0 Å². The number of nitrogens with zero attached hydrogens (tertiary/aromatic N) is 2. The molecule has 6 heteroatoms. The molecule has 27 heavy (non-hydrogen) atoms. The van der Waals surface area contributed by atoms with Gasteiger partial charge in [-0.25, -0.2) is 10.4 Å². The normalized spacial score (nSPS) is 30.0. The molecular formula is C21H30N4O2. The highest BCUT2D eigenvalue weighted by atomic mass is 16.2. The third kappa shape index (κ3) is 3.87. The molecule has 146 valence electrons. The Morgan fingerprint density at radius 3 is 2.48 bits per heavy atom. The van der Waals surface area contributed by atoms with Gasteiger partial charge in [-0.1, -0.05) is 43.9 Å². The van der Waals surface area contributed by atoms with E-state index in [-0.39, 0.29) is 35.7 Å². The van der Waals surface area contributed by atoms with Crippen molar-refractivity contribution in [1.29, 1.82) is 0 Å². The number of benzene rings is 1. The molecule has 6 nitrogen and oxygen atoms in total. The number of rotatable bonds is 3. The van der Waals surface area contributed by atoms with Gasteiger partial charge in [-0.2, -0.15) is 0 Å². The summed E-state index contributed by atoms with van der Waals surface area (Å²) in [5.74, 6) is -0.243. The lowest BCUT2D eigenvalue weighted by atomic mass is 9.84. The van der Waals surface area contributed by atoms with Gasteiger partial charge in [0.1, 0.15) is 0 Å². The van der Waals surface area contributed by atoms with Gasteiger partial charge in [0, 0.05) is 19.1 Å². The lowest BCUT2D eigenvalue weighted by Gasteiger charge is -2.37. The van der Waals surface area contributed by atoms with Gasteiger partial charge >= 0.3 is 0 Å². The van der Waals surface area contributed by atoms with E-state index in [1.807, 2.05) is 37.4 Å². The Bertz CT molecular complexity index is 672. The summed E-state index contributed by atoms with van der Waals surface area (Å²) >= 11 is 0. The summed E-state index contributed by atoms with van der Waals surface area (Å²) in [5.41, 5.74) is 4.19. The molecule has 0 spiro atoms. The van der Waals surface area contributed by atoms with Gasteiger partial charge in [-0.3, -0.25) is 9.59 Å². The number of amides is 2. The molecule has 4 rings (SSSR count). The van der Waals surface area contributed by atoms with E-state index in [9.17, 15) is 9.59 Å². The monoisotopic (exact) mass is 370 g/mol. The molecule has 2 heterocycles. The Hall–Kier alpha value is -1.92. The first-order valence-electron chi connectivity index (χ1n) is 10.3. The van der Waals surface area contributed by atoms with Gasteiger partial charge in [0.25, 0.3) is 0 Å². The number of carbonyl (C=O) groups is 2. The number of anilines is 1. The van der Waals surface area contributed by atoms with E-state index < -0.39 is 0 Å². The third-order valence-corrected chi connectivity index (χ3v) is 6.25. The molecular weight excluding hydrogens is 340 g/mol. The minimum atomic E-state index is -0.213. The van der Waals surface area contributed by atoms with Crippen molar-refractivity contribution >= 4 is 17.5 Å². The highest BCUT2D eigenvalue weighted by molar-refractivity contribution is 5.98. The van der Waals surface area contributed by atoms with Gasteiger partial charge in [-0.15, -0.1) is 0 Å². The third-order valence-electron chi connectivity index (χ3n) is 6.25. The van der Waals surface area contributed by atoms with Crippen LogP contribution in [0.5, 0.6) is 0 Å². The number of nitrogens with one attached hydrogen (secondary N) is 2. The van der Waals surface area contributed by atoms with E-state index >= 15 is 0 Å². The first kappa shape index (κ1) is 18.4. The van der Waals surface area contributed by atoms with Crippen molar-refractivity contribution < 1.29 is 9.59 Å². The van der Waals surface area contributed by atoms with Gasteiger partial charge < -0.3 is 10.2 Å². The maximum atomic E-state index is 13.1. The van der Waals surface area contributed by atoms with E-state index in [1.165, 1.54) is 25.7 Å². The van der Waals surface area contributed by atoms with Crippen LogP contribution in [0.4, 0.5) is 5.69 Å². The number of piperidine rings is 1. The molecule has 2 amide bonds. The summed E-state index contributed by atoms with van der Waals surface area (Å²) in [6.07, 6.45) is 7.08. The number of hydrogen-bond acceptors (Lipinski definition) is 4. The quantitative estimate of drug-likeness (QED) is 0.798. The van der Waals surface area contributed by atoms with E-state index in [0.29, 0.717) is 13.1 Å². The first-order valence-corrected chi connectivity index (χ1v) is 10.3. The Labute approximate surface area is 161 Å². The molecule has 3 unspecified atom stereocenters. The van der Waals surface area contributed by atoms with Crippen LogP contribution in [-0.4, -0.2) is 48.9 Å². The zero-order chi connectivity index (χ0) is 18.8. The van der Waals surface area contributed by atoms with Crippen LogP contribution in [-0.2, 0) is 9.59 Å².